The van der Waals surface area contributed by atoms with E-state index in [2.05, 4.69) is 25.4 Å². The summed E-state index contributed by atoms with van der Waals surface area (Å²) in [5, 5.41) is 11.1. The van der Waals surface area contributed by atoms with Gasteiger partial charge in [-0.2, -0.15) is 4.98 Å². The van der Waals surface area contributed by atoms with Crippen LogP contribution in [0.15, 0.2) is 22.8 Å². The number of hydrogen-bond donors (Lipinski definition) is 2. The average Bonchev–Trinajstić information content (AvgIpc) is 3.24. The summed E-state index contributed by atoms with van der Waals surface area (Å²) in [5.41, 5.74) is 0. The molecular formula is C15H21N5O. The molecular weight excluding hydrogens is 266 g/mol. The fraction of sp³-hybridized carbons (Fsp3) is 0.600. The van der Waals surface area contributed by atoms with E-state index in [1.54, 1.807) is 6.26 Å². The molecule has 0 bridgehead atoms. The molecule has 0 spiro atoms. The Morgan fingerprint density at radius 2 is 2.33 bits per heavy atom. The number of rotatable bonds is 4. The van der Waals surface area contributed by atoms with Crippen molar-refractivity contribution in [2.75, 3.05) is 24.5 Å². The average molecular weight is 287 g/mol. The van der Waals surface area contributed by atoms with E-state index in [0.29, 0.717) is 6.04 Å². The van der Waals surface area contributed by atoms with Crippen molar-refractivity contribution in [1.29, 1.82) is 0 Å². The monoisotopic (exact) mass is 287 g/mol. The van der Waals surface area contributed by atoms with Gasteiger partial charge in [-0.15, -0.1) is 5.10 Å². The van der Waals surface area contributed by atoms with Crippen LogP contribution >= 0.6 is 0 Å². The molecule has 4 rings (SSSR count). The van der Waals surface area contributed by atoms with Crippen molar-refractivity contribution in [3.63, 3.8) is 0 Å². The fourth-order valence-corrected chi connectivity index (χ4v) is 3.44. The molecule has 112 valence electrons. The quantitative estimate of drug-likeness (QED) is 0.889. The molecule has 0 aromatic carbocycles. The van der Waals surface area contributed by atoms with E-state index in [1.807, 2.05) is 12.1 Å². The van der Waals surface area contributed by atoms with E-state index in [0.717, 1.165) is 55.9 Å². The second kappa shape index (κ2) is 5.52. The summed E-state index contributed by atoms with van der Waals surface area (Å²) in [7, 11) is 0. The lowest BCUT2D eigenvalue weighted by atomic mass is 9.94. The molecule has 4 heterocycles. The Kier molecular flexibility index (Phi) is 3.39. The number of nitrogens with zero attached hydrogens (tertiary/aromatic N) is 3. The summed E-state index contributed by atoms with van der Waals surface area (Å²) in [5.74, 6) is 3.53. The summed E-state index contributed by atoms with van der Waals surface area (Å²) in [6.45, 7) is 3.25. The van der Waals surface area contributed by atoms with E-state index in [1.165, 1.54) is 12.8 Å². The second-order valence-electron chi connectivity index (χ2n) is 6.03. The molecule has 0 radical (unpaired) electrons. The number of H-pyrrole nitrogens is 1. The predicted octanol–water partition coefficient (Wildman–Crippen LogP) is 1.37. The first kappa shape index (κ1) is 12.9. The second-order valence-corrected chi connectivity index (χ2v) is 6.03. The van der Waals surface area contributed by atoms with Crippen LogP contribution in [0.3, 0.4) is 0 Å². The molecule has 0 saturated carbocycles. The minimum absolute atomic E-state index is 0.615. The van der Waals surface area contributed by atoms with E-state index in [9.17, 15) is 0 Å². The number of furan rings is 1. The standard InChI is InChI=1S/C15H21N5O/c1-3-11-9-20(10-13(11)16-7-1)15-17-14(18-19-15)6-5-12-4-2-8-21-12/h2,4,8,11,13,16H,1,3,5-7,9-10H2,(H,17,18,19). The number of nitrogens with one attached hydrogen (secondary N) is 2. The van der Waals surface area contributed by atoms with Gasteiger partial charge in [0.2, 0.25) is 5.95 Å². The predicted molar refractivity (Wildman–Crippen MR) is 79.2 cm³/mol. The van der Waals surface area contributed by atoms with Crippen LogP contribution in [0, 0.1) is 5.92 Å². The highest BCUT2D eigenvalue weighted by Gasteiger charge is 2.35. The van der Waals surface area contributed by atoms with Crippen molar-refractivity contribution < 1.29 is 4.42 Å². The van der Waals surface area contributed by atoms with Gasteiger partial charge in [-0.25, -0.2) is 0 Å². The van der Waals surface area contributed by atoms with Crippen LogP contribution in [-0.4, -0.2) is 40.9 Å². The Bertz CT molecular complexity index is 565. The van der Waals surface area contributed by atoms with Gasteiger partial charge in [0.05, 0.1) is 6.26 Å². The number of hydrogen-bond acceptors (Lipinski definition) is 5. The van der Waals surface area contributed by atoms with Gasteiger partial charge in [0, 0.05) is 32.0 Å². The van der Waals surface area contributed by atoms with Crippen molar-refractivity contribution in [1.82, 2.24) is 20.5 Å². The Morgan fingerprint density at radius 1 is 1.33 bits per heavy atom. The Balaban J connectivity index is 1.38. The zero-order chi connectivity index (χ0) is 14.1. The Hall–Kier alpha value is -1.82. The normalized spacial score (nSPS) is 25.2. The maximum Gasteiger partial charge on any atom is 0.244 e. The van der Waals surface area contributed by atoms with E-state index in [-0.39, 0.29) is 0 Å². The number of aromatic nitrogens is 3. The third-order valence-electron chi connectivity index (χ3n) is 4.59. The lowest BCUT2D eigenvalue weighted by molar-refractivity contribution is 0.340. The number of aromatic amines is 1. The topological polar surface area (TPSA) is 70.0 Å². The van der Waals surface area contributed by atoms with E-state index in [4.69, 9.17) is 4.42 Å². The summed E-state index contributed by atoms with van der Waals surface area (Å²) in [4.78, 5) is 6.95. The van der Waals surface area contributed by atoms with Crippen LogP contribution in [0.25, 0.3) is 0 Å². The van der Waals surface area contributed by atoms with Crippen molar-refractivity contribution in [3.8, 4) is 0 Å². The first-order chi connectivity index (χ1) is 10.4. The zero-order valence-electron chi connectivity index (χ0n) is 12.1. The Morgan fingerprint density at radius 3 is 3.19 bits per heavy atom. The molecule has 2 atom stereocenters. The van der Waals surface area contributed by atoms with Crippen LogP contribution in [0.5, 0.6) is 0 Å². The van der Waals surface area contributed by atoms with Gasteiger partial charge in [0.15, 0.2) is 0 Å². The van der Waals surface area contributed by atoms with Crippen molar-refractivity contribution in [3.05, 3.63) is 30.0 Å². The van der Waals surface area contributed by atoms with Crippen LogP contribution in [0.2, 0.25) is 0 Å². The molecule has 2 unspecified atom stereocenters. The number of aryl methyl sites for hydroxylation is 2. The van der Waals surface area contributed by atoms with Gasteiger partial charge in [-0.1, -0.05) is 0 Å². The molecule has 6 nitrogen and oxygen atoms in total. The summed E-state index contributed by atoms with van der Waals surface area (Å²) in [6, 6.07) is 4.53. The Labute approximate surface area is 123 Å². The maximum absolute atomic E-state index is 5.35. The number of fused-ring (bicyclic) bond motifs is 1. The van der Waals surface area contributed by atoms with Gasteiger partial charge in [-0.05, 0) is 37.4 Å². The molecule has 2 aliphatic heterocycles. The van der Waals surface area contributed by atoms with Gasteiger partial charge in [-0.3, -0.25) is 5.10 Å². The largest absolute Gasteiger partial charge is 0.469 e. The highest BCUT2D eigenvalue weighted by molar-refractivity contribution is 5.32. The minimum atomic E-state index is 0.615. The minimum Gasteiger partial charge on any atom is -0.469 e. The first-order valence-corrected chi connectivity index (χ1v) is 7.80. The third-order valence-corrected chi connectivity index (χ3v) is 4.59. The highest BCUT2D eigenvalue weighted by atomic mass is 16.3. The lowest BCUT2D eigenvalue weighted by Gasteiger charge is -2.24. The summed E-state index contributed by atoms with van der Waals surface area (Å²) < 4.78 is 5.35. The van der Waals surface area contributed by atoms with Crippen LogP contribution in [0.1, 0.15) is 24.4 Å². The first-order valence-electron chi connectivity index (χ1n) is 7.80. The fourth-order valence-electron chi connectivity index (χ4n) is 3.44. The van der Waals surface area contributed by atoms with E-state index < -0.39 is 0 Å². The van der Waals surface area contributed by atoms with E-state index >= 15 is 0 Å². The zero-order valence-corrected chi connectivity index (χ0v) is 12.1. The lowest BCUT2D eigenvalue weighted by Crippen LogP contribution is -2.40. The molecule has 2 N–H and O–H groups in total. The van der Waals surface area contributed by atoms with Crippen molar-refractivity contribution in [2.24, 2.45) is 5.92 Å². The van der Waals surface area contributed by atoms with Gasteiger partial charge in [0.1, 0.15) is 11.6 Å². The van der Waals surface area contributed by atoms with Crippen molar-refractivity contribution >= 4 is 5.95 Å². The highest BCUT2D eigenvalue weighted by Crippen LogP contribution is 2.27. The SMILES string of the molecule is c1coc(CCc2nc(N3CC4CCCNC4C3)n[nH]2)c1. The molecule has 21 heavy (non-hydrogen) atoms. The molecule has 2 fully saturated rings. The van der Waals surface area contributed by atoms with Crippen LogP contribution in [-0.2, 0) is 12.8 Å². The van der Waals surface area contributed by atoms with Crippen molar-refractivity contribution in [2.45, 2.75) is 31.7 Å². The molecule has 6 heteroatoms. The summed E-state index contributed by atoms with van der Waals surface area (Å²) in [6.07, 6.45) is 6.01. The van der Waals surface area contributed by atoms with Gasteiger partial charge < -0.3 is 14.6 Å². The van der Waals surface area contributed by atoms with Gasteiger partial charge in [0.25, 0.3) is 0 Å². The molecule has 2 saturated heterocycles. The maximum atomic E-state index is 5.35. The smallest absolute Gasteiger partial charge is 0.244 e. The molecule has 2 aromatic heterocycles. The molecule has 2 aliphatic rings. The molecule has 2 aromatic rings. The number of anilines is 1. The summed E-state index contributed by atoms with van der Waals surface area (Å²) >= 11 is 0. The van der Waals surface area contributed by atoms with Crippen LogP contribution in [0.4, 0.5) is 5.95 Å². The van der Waals surface area contributed by atoms with Gasteiger partial charge >= 0.3 is 0 Å². The molecule has 0 aliphatic carbocycles. The third kappa shape index (κ3) is 2.68. The molecule has 0 amide bonds. The number of piperidine rings is 1. The van der Waals surface area contributed by atoms with Crippen LogP contribution < -0.4 is 10.2 Å².